The number of hydrogen-bond acceptors (Lipinski definition) is 11. The number of hydrogen-bond donors (Lipinski definition) is 2. The molecule has 0 aromatic heterocycles. The average Bonchev–Trinajstić information content (AvgIpc) is 3.97. The highest BCUT2D eigenvalue weighted by atomic mass is 28.4. The molecule has 2 fully saturated rings. The van der Waals surface area contributed by atoms with Crippen molar-refractivity contribution in [3.63, 3.8) is 0 Å². The molecule has 1 saturated heterocycles. The largest absolute Gasteiger partial charge is 0.493 e. The highest BCUT2D eigenvalue weighted by Gasteiger charge is 2.54. The van der Waals surface area contributed by atoms with E-state index in [2.05, 4.69) is 91.8 Å². The third-order valence-electron chi connectivity index (χ3n) is 15.3. The van der Waals surface area contributed by atoms with Gasteiger partial charge in [-0.25, -0.2) is 4.79 Å². The van der Waals surface area contributed by atoms with Gasteiger partial charge < -0.3 is 48.1 Å². The van der Waals surface area contributed by atoms with E-state index in [0.717, 1.165) is 31.2 Å². The van der Waals surface area contributed by atoms with Crippen LogP contribution < -0.4 is 30.0 Å². The van der Waals surface area contributed by atoms with E-state index in [1.54, 1.807) is 31.4 Å². The van der Waals surface area contributed by atoms with Gasteiger partial charge in [-0.3, -0.25) is 14.9 Å². The first-order valence-corrected chi connectivity index (χ1v) is 30.7. The summed E-state index contributed by atoms with van der Waals surface area (Å²) in [5.41, 5.74) is 10.3. The third kappa shape index (κ3) is 12.9. The third-order valence-corrected chi connectivity index (χ3v) is 24.3. The minimum atomic E-state index is -2.08. The first-order chi connectivity index (χ1) is 32.9. The summed E-state index contributed by atoms with van der Waals surface area (Å²) in [6.07, 6.45) is 6.64. The Morgan fingerprint density at radius 1 is 0.757 bits per heavy atom. The van der Waals surface area contributed by atoms with Crippen LogP contribution >= 0.6 is 0 Å². The molecule has 2 heterocycles. The molecule has 3 aromatic rings. The molecule has 14 nitrogen and oxygen atoms in total. The SMILES string of the molecule is C=CCOC(=O)Nc1cc(OCCCCCOc2cc(N)c(C(=O)N3Cc4ccccc4C[C@H]3CO[Si](C)(C)C(C)(C)C)cc2OC)c(OC)cc1C(=O)N1CC2(CC2)C[C@H]1CO[Si](C)(C)C(C)(C)C. The molecule has 2 atom stereocenters. The monoisotopic (exact) mass is 1000 g/mol. The second-order valence-corrected chi connectivity index (χ2v) is 32.0. The first kappa shape index (κ1) is 54.3. The summed E-state index contributed by atoms with van der Waals surface area (Å²) < 4.78 is 42.6. The van der Waals surface area contributed by atoms with E-state index >= 15 is 0 Å². The summed E-state index contributed by atoms with van der Waals surface area (Å²) in [5, 5.41) is 2.85. The summed E-state index contributed by atoms with van der Waals surface area (Å²) in [7, 11) is -1.07. The Labute approximate surface area is 419 Å². The minimum absolute atomic E-state index is 0.00803. The zero-order valence-electron chi connectivity index (χ0n) is 44.0. The Morgan fingerprint density at radius 2 is 1.30 bits per heavy atom. The Bertz CT molecular complexity index is 2360. The smallest absolute Gasteiger partial charge is 0.411 e. The molecule has 0 unspecified atom stereocenters. The second-order valence-electron chi connectivity index (χ2n) is 22.4. The zero-order valence-corrected chi connectivity index (χ0v) is 46.0. The molecular formula is C54H80N4O10Si2. The summed E-state index contributed by atoms with van der Waals surface area (Å²) in [6, 6.07) is 14.6. The van der Waals surface area contributed by atoms with Gasteiger partial charge in [-0.05, 0) is 110 Å². The number of rotatable bonds is 21. The minimum Gasteiger partial charge on any atom is -0.493 e. The molecule has 3 amide bonds. The number of fused-ring (bicyclic) bond motifs is 1. The van der Waals surface area contributed by atoms with Crippen molar-refractivity contribution in [2.45, 2.75) is 141 Å². The van der Waals surface area contributed by atoms with E-state index in [4.69, 9.17) is 38.3 Å². The predicted molar refractivity (Wildman–Crippen MR) is 282 cm³/mol. The Hall–Kier alpha value is -5.04. The van der Waals surface area contributed by atoms with Crippen LogP contribution in [0, 0.1) is 5.41 Å². The van der Waals surface area contributed by atoms with Crippen LogP contribution in [0.1, 0.15) is 112 Å². The van der Waals surface area contributed by atoms with E-state index in [-0.39, 0.29) is 57.2 Å². The number of amides is 3. The van der Waals surface area contributed by atoms with Crippen molar-refractivity contribution in [2.24, 2.45) is 5.41 Å². The molecule has 384 valence electrons. The lowest BCUT2D eigenvalue weighted by molar-refractivity contribution is 0.0554. The molecule has 3 aromatic carbocycles. The van der Waals surface area contributed by atoms with E-state index in [0.29, 0.717) is 93.0 Å². The van der Waals surface area contributed by atoms with Gasteiger partial charge in [0.1, 0.15) is 6.61 Å². The number of carbonyl (C=O) groups is 3. The van der Waals surface area contributed by atoms with Gasteiger partial charge in [0.2, 0.25) is 0 Å². The van der Waals surface area contributed by atoms with Crippen LogP contribution in [-0.4, -0.2) is 110 Å². The normalized spacial score (nSPS) is 17.7. The van der Waals surface area contributed by atoms with E-state index in [1.165, 1.54) is 18.7 Å². The van der Waals surface area contributed by atoms with Crippen molar-refractivity contribution < 1.29 is 46.9 Å². The van der Waals surface area contributed by atoms with Crippen molar-refractivity contribution in [1.29, 1.82) is 0 Å². The van der Waals surface area contributed by atoms with Crippen molar-refractivity contribution >= 4 is 45.9 Å². The van der Waals surface area contributed by atoms with Crippen LogP contribution in [-0.2, 0) is 26.6 Å². The predicted octanol–water partition coefficient (Wildman–Crippen LogP) is 11.3. The van der Waals surface area contributed by atoms with E-state index < -0.39 is 22.7 Å². The highest BCUT2D eigenvalue weighted by molar-refractivity contribution is 6.74. The number of carbonyl (C=O) groups excluding carboxylic acids is 3. The molecule has 1 spiro atoms. The molecule has 3 aliphatic rings. The van der Waals surface area contributed by atoms with Crippen LogP contribution in [0.15, 0.2) is 61.2 Å². The number of unbranched alkanes of at least 4 members (excludes halogenated alkanes) is 2. The first-order valence-electron chi connectivity index (χ1n) is 24.9. The Kier molecular flexibility index (Phi) is 17.2. The van der Waals surface area contributed by atoms with Crippen LogP contribution in [0.4, 0.5) is 16.2 Å². The van der Waals surface area contributed by atoms with Gasteiger partial charge in [-0.1, -0.05) is 78.5 Å². The number of nitrogens with two attached hydrogens (primary N) is 1. The molecule has 2 aliphatic heterocycles. The van der Waals surface area contributed by atoms with Gasteiger partial charge >= 0.3 is 6.09 Å². The summed E-state index contributed by atoms with van der Waals surface area (Å²) in [5.74, 6) is 1.24. The average molecular weight is 1000 g/mol. The van der Waals surface area contributed by atoms with Crippen molar-refractivity contribution in [3.05, 3.63) is 83.4 Å². The fourth-order valence-electron chi connectivity index (χ4n) is 8.59. The maximum atomic E-state index is 14.6. The number of nitrogens with zero attached hydrogens (tertiary/aromatic N) is 2. The standard InChI is InChI=1S/C54H80N4O10Si2/c1-14-24-66-51(61)56-44-31-48(46(63-9)29-42(44)50(60)58-36-54(22-23-54)32-40(58)35-68-70(12,13)53(5,6)7)65-26-19-15-18-25-64-47-30-43(55)41(28-45(47)62-8)49(59)57-33-38-21-17-16-20-37(38)27-39(57)34-67-69(10,11)52(2,3)4/h14,16-17,20-21,28-31,39-40H,1,15,18-19,22-27,32-36,55H2,2-13H3,(H,56,61)/t39-,40-/m0/s1. The molecule has 1 saturated carbocycles. The number of nitrogens with one attached hydrogen (secondary N) is 1. The van der Waals surface area contributed by atoms with Crippen LogP contribution in [0.3, 0.4) is 0 Å². The molecule has 16 heteroatoms. The number of likely N-dealkylation sites (tertiary alicyclic amines) is 1. The van der Waals surface area contributed by atoms with Gasteiger partial charge in [-0.2, -0.15) is 0 Å². The quantitative estimate of drug-likeness (QED) is 0.0452. The van der Waals surface area contributed by atoms with Gasteiger partial charge in [0.15, 0.2) is 39.6 Å². The summed E-state index contributed by atoms with van der Waals surface area (Å²) >= 11 is 0. The Morgan fingerprint density at radius 3 is 1.86 bits per heavy atom. The van der Waals surface area contributed by atoms with Crippen LogP contribution in [0.2, 0.25) is 36.3 Å². The summed E-state index contributed by atoms with van der Waals surface area (Å²) in [4.78, 5) is 45.7. The number of methoxy groups -OCH3 is 2. The number of benzene rings is 3. The number of anilines is 2. The molecule has 6 rings (SSSR count). The lowest BCUT2D eigenvalue weighted by atomic mass is 9.93. The lowest BCUT2D eigenvalue weighted by Gasteiger charge is -2.41. The van der Waals surface area contributed by atoms with Crippen LogP contribution in [0.5, 0.6) is 23.0 Å². The fraction of sp³-hybridized carbons (Fsp3) is 0.574. The van der Waals surface area contributed by atoms with Crippen LogP contribution in [0.25, 0.3) is 0 Å². The fourth-order valence-corrected chi connectivity index (χ4v) is 10.7. The molecule has 0 radical (unpaired) electrons. The van der Waals surface area contributed by atoms with Gasteiger partial charge in [-0.15, -0.1) is 0 Å². The van der Waals surface area contributed by atoms with Crippen molar-refractivity contribution in [2.75, 3.05) is 64.8 Å². The number of ether oxygens (including phenoxy) is 5. The topological polar surface area (TPSA) is 160 Å². The van der Waals surface area contributed by atoms with Gasteiger partial charge in [0.05, 0.1) is 69.5 Å². The summed E-state index contributed by atoms with van der Waals surface area (Å²) in [6.45, 7) is 28.6. The maximum Gasteiger partial charge on any atom is 0.411 e. The van der Waals surface area contributed by atoms with Gasteiger partial charge in [0, 0.05) is 30.9 Å². The highest BCUT2D eigenvalue weighted by Crippen LogP contribution is 2.55. The zero-order chi connectivity index (χ0) is 51.2. The van der Waals surface area contributed by atoms with E-state index in [9.17, 15) is 14.4 Å². The molecule has 3 N–H and O–H groups in total. The second kappa shape index (κ2) is 22.2. The number of nitrogen functional groups attached to an aromatic ring is 1. The van der Waals surface area contributed by atoms with Crippen molar-refractivity contribution in [3.8, 4) is 23.0 Å². The van der Waals surface area contributed by atoms with E-state index in [1.807, 2.05) is 21.9 Å². The molecule has 70 heavy (non-hydrogen) atoms. The maximum absolute atomic E-state index is 14.6. The molecule has 0 bridgehead atoms. The molecular weight excluding hydrogens is 921 g/mol. The van der Waals surface area contributed by atoms with Crippen molar-refractivity contribution in [1.82, 2.24) is 9.80 Å². The molecule has 1 aliphatic carbocycles. The lowest BCUT2D eigenvalue weighted by Crippen LogP contribution is -2.50. The Balaban J connectivity index is 1.08. The van der Waals surface area contributed by atoms with Gasteiger partial charge in [0.25, 0.3) is 11.8 Å².